The number of para-hydroxylation sites is 1. The minimum Gasteiger partial charge on any atom is -0.366 e. The average Bonchev–Trinajstić information content (AvgIpc) is 2.42. The highest BCUT2D eigenvalue weighted by molar-refractivity contribution is 9.10. The lowest BCUT2D eigenvalue weighted by molar-refractivity contribution is 0.100. The van der Waals surface area contributed by atoms with Gasteiger partial charge in [-0.1, -0.05) is 18.2 Å². The summed E-state index contributed by atoms with van der Waals surface area (Å²) in [5.74, 6) is -1.99. The van der Waals surface area contributed by atoms with Crippen LogP contribution in [0.4, 0.5) is 10.1 Å². The largest absolute Gasteiger partial charge is 0.366 e. The third-order valence-corrected chi connectivity index (χ3v) is 3.25. The first-order chi connectivity index (χ1) is 9.50. The lowest BCUT2D eigenvalue weighted by Gasteiger charge is -2.09. The van der Waals surface area contributed by atoms with Crippen molar-refractivity contribution in [2.75, 3.05) is 5.32 Å². The lowest BCUT2D eigenvalue weighted by Crippen LogP contribution is -2.19. The molecule has 0 heterocycles. The SMILES string of the molecule is NC(=O)c1ccccc1NC(=O)c1cccc(Br)c1F. The van der Waals surface area contributed by atoms with Crippen LogP contribution in [-0.4, -0.2) is 11.8 Å². The molecule has 2 rings (SSSR count). The van der Waals surface area contributed by atoms with Crippen LogP contribution in [0, 0.1) is 5.82 Å². The van der Waals surface area contributed by atoms with E-state index in [9.17, 15) is 14.0 Å². The number of rotatable bonds is 3. The smallest absolute Gasteiger partial charge is 0.258 e. The lowest BCUT2D eigenvalue weighted by atomic mass is 10.1. The van der Waals surface area contributed by atoms with E-state index in [1.807, 2.05) is 0 Å². The van der Waals surface area contributed by atoms with Gasteiger partial charge in [0.05, 0.1) is 21.3 Å². The summed E-state index contributed by atoms with van der Waals surface area (Å²) in [7, 11) is 0. The zero-order valence-corrected chi connectivity index (χ0v) is 11.8. The van der Waals surface area contributed by atoms with Gasteiger partial charge in [0, 0.05) is 0 Å². The van der Waals surface area contributed by atoms with Crippen molar-refractivity contribution >= 4 is 33.4 Å². The van der Waals surface area contributed by atoms with E-state index in [0.29, 0.717) is 0 Å². The number of amides is 2. The number of carbonyl (C=O) groups is 2. The van der Waals surface area contributed by atoms with Crippen LogP contribution < -0.4 is 11.1 Å². The van der Waals surface area contributed by atoms with Gasteiger partial charge in [-0.2, -0.15) is 0 Å². The van der Waals surface area contributed by atoms with Crippen LogP contribution in [0.3, 0.4) is 0 Å². The number of anilines is 1. The molecular weight excluding hydrogens is 327 g/mol. The Morgan fingerprint density at radius 1 is 1.05 bits per heavy atom. The molecule has 0 saturated carbocycles. The summed E-state index contributed by atoms with van der Waals surface area (Å²) in [4.78, 5) is 23.3. The molecule has 0 aliphatic heterocycles. The Morgan fingerprint density at radius 3 is 2.40 bits per heavy atom. The van der Waals surface area contributed by atoms with Crippen molar-refractivity contribution in [2.45, 2.75) is 0 Å². The molecule has 0 fully saturated rings. The maximum absolute atomic E-state index is 13.8. The summed E-state index contributed by atoms with van der Waals surface area (Å²) in [6.45, 7) is 0. The first kappa shape index (κ1) is 14.2. The molecule has 2 aromatic carbocycles. The van der Waals surface area contributed by atoms with Gasteiger partial charge < -0.3 is 11.1 Å². The molecule has 0 aromatic heterocycles. The van der Waals surface area contributed by atoms with E-state index in [2.05, 4.69) is 21.2 Å². The average molecular weight is 337 g/mol. The number of nitrogens with one attached hydrogen (secondary N) is 1. The topological polar surface area (TPSA) is 72.2 Å². The van der Waals surface area contributed by atoms with E-state index in [-0.39, 0.29) is 21.3 Å². The Labute approximate surface area is 122 Å². The summed E-state index contributed by atoms with van der Waals surface area (Å²) >= 11 is 3.01. The number of benzene rings is 2. The minimum atomic E-state index is -0.671. The van der Waals surface area contributed by atoms with Crippen molar-refractivity contribution in [1.82, 2.24) is 0 Å². The van der Waals surface area contributed by atoms with Gasteiger partial charge >= 0.3 is 0 Å². The number of hydrogen-bond acceptors (Lipinski definition) is 2. The molecule has 3 N–H and O–H groups in total. The summed E-state index contributed by atoms with van der Waals surface area (Å²) in [6.07, 6.45) is 0. The molecule has 0 bridgehead atoms. The van der Waals surface area contributed by atoms with Gasteiger partial charge in [-0.15, -0.1) is 0 Å². The number of carbonyl (C=O) groups excluding carboxylic acids is 2. The Bertz CT molecular complexity index is 689. The van der Waals surface area contributed by atoms with E-state index < -0.39 is 17.6 Å². The van der Waals surface area contributed by atoms with Crippen LogP contribution >= 0.6 is 15.9 Å². The van der Waals surface area contributed by atoms with E-state index in [1.165, 1.54) is 24.3 Å². The molecule has 0 aliphatic carbocycles. The van der Waals surface area contributed by atoms with Crippen LogP contribution in [0.25, 0.3) is 0 Å². The molecule has 4 nitrogen and oxygen atoms in total. The molecule has 0 unspecified atom stereocenters. The van der Waals surface area contributed by atoms with Crippen LogP contribution in [0.15, 0.2) is 46.9 Å². The first-order valence-electron chi connectivity index (χ1n) is 5.65. The molecule has 2 amide bonds. The van der Waals surface area contributed by atoms with E-state index in [4.69, 9.17) is 5.73 Å². The molecule has 0 spiro atoms. The molecule has 20 heavy (non-hydrogen) atoms. The highest BCUT2D eigenvalue weighted by atomic mass is 79.9. The maximum atomic E-state index is 13.8. The predicted molar refractivity (Wildman–Crippen MR) is 77.0 cm³/mol. The van der Waals surface area contributed by atoms with Crippen LogP contribution in [0.5, 0.6) is 0 Å². The normalized spacial score (nSPS) is 10.1. The summed E-state index contributed by atoms with van der Waals surface area (Å²) in [5, 5.41) is 2.48. The van der Waals surface area contributed by atoms with E-state index in [1.54, 1.807) is 18.2 Å². The second-order valence-electron chi connectivity index (χ2n) is 3.97. The zero-order valence-electron chi connectivity index (χ0n) is 10.2. The van der Waals surface area contributed by atoms with Gasteiger partial charge in [0.15, 0.2) is 0 Å². The third kappa shape index (κ3) is 2.85. The fraction of sp³-hybridized carbons (Fsp3) is 0. The Hall–Kier alpha value is -2.21. The molecule has 2 aromatic rings. The summed E-state index contributed by atoms with van der Waals surface area (Å²) in [6, 6.07) is 10.6. The highest BCUT2D eigenvalue weighted by Gasteiger charge is 2.16. The Morgan fingerprint density at radius 2 is 1.70 bits per heavy atom. The standard InChI is InChI=1S/C14H10BrFN2O2/c15-10-6-3-5-9(12(10)16)14(20)18-11-7-2-1-4-8(11)13(17)19/h1-7H,(H2,17,19)(H,18,20). The van der Waals surface area contributed by atoms with Gasteiger partial charge in [-0.05, 0) is 40.2 Å². The zero-order chi connectivity index (χ0) is 14.7. The number of primary amides is 1. The minimum absolute atomic E-state index is 0.126. The van der Waals surface area contributed by atoms with Crippen LogP contribution in [0.1, 0.15) is 20.7 Å². The van der Waals surface area contributed by atoms with E-state index >= 15 is 0 Å². The molecule has 0 aliphatic rings. The van der Waals surface area contributed by atoms with Crippen molar-refractivity contribution < 1.29 is 14.0 Å². The summed E-state index contributed by atoms with van der Waals surface area (Å²) < 4.78 is 14.0. The summed E-state index contributed by atoms with van der Waals surface area (Å²) in [5.41, 5.74) is 5.49. The first-order valence-corrected chi connectivity index (χ1v) is 6.44. The molecule has 0 atom stereocenters. The number of halogens is 2. The Kier molecular flexibility index (Phi) is 4.14. The monoisotopic (exact) mass is 336 g/mol. The Balaban J connectivity index is 2.33. The van der Waals surface area contributed by atoms with Crippen LogP contribution in [0.2, 0.25) is 0 Å². The van der Waals surface area contributed by atoms with Gasteiger partial charge in [-0.3, -0.25) is 9.59 Å². The third-order valence-electron chi connectivity index (χ3n) is 2.64. The van der Waals surface area contributed by atoms with E-state index in [0.717, 1.165) is 0 Å². The van der Waals surface area contributed by atoms with Crippen molar-refractivity contribution in [2.24, 2.45) is 5.73 Å². The van der Waals surface area contributed by atoms with Crippen molar-refractivity contribution in [3.05, 3.63) is 63.9 Å². The molecule has 102 valence electrons. The van der Waals surface area contributed by atoms with Gasteiger partial charge in [0.25, 0.3) is 11.8 Å². The molecule has 0 saturated heterocycles. The number of hydrogen-bond donors (Lipinski definition) is 2. The predicted octanol–water partition coefficient (Wildman–Crippen LogP) is 2.94. The highest BCUT2D eigenvalue weighted by Crippen LogP contribution is 2.21. The van der Waals surface area contributed by atoms with Crippen molar-refractivity contribution in [3.8, 4) is 0 Å². The van der Waals surface area contributed by atoms with Gasteiger partial charge in [-0.25, -0.2) is 4.39 Å². The second-order valence-corrected chi connectivity index (χ2v) is 4.82. The second kappa shape index (κ2) is 5.83. The molecule has 6 heteroatoms. The molecular formula is C14H10BrFN2O2. The fourth-order valence-electron chi connectivity index (χ4n) is 1.68. The fourth-order valence-corrected chi connectivity index (χ4v) is 2.04. The quantitative estimate of drug-likeness (QED) is 0.904. The number of nitrogens with two attached hydrogens (primary N) is 1. The van der Waals surface area contributed by atoms with Crippen molar-refractivity contribution in [1.29, 1.82) is 0 Å². The van der Waals surface area contributed by atoms with Crippen molar-refractivity contribution in [3.63, 3.8) is 0 Å². The van der Waals surface area contributed by atoms with Crippen LogP contribution in [-0.2, 0) is 0 Å². The van der Waals surface area contributed by atoms with Gasteiger partial charge in [0.2, 0.25) is 0 Å². The maximum Gasteiger partial charge on any atom is 0.258 e. The molecule has 0 radical (unpaired) electrons. The van der Waals surface area contributed by atoms with Gasteiger partial charge in [0.1, 0.15) is 5.82 Å².